The minimum atomic E-state index is -0.804. The van der Waals surface area contributed by atoms with Crippen LogP contribution in [0.3, 0.4) is 0 Å². The third-order valence-corrected chi connectivity index (χ3v) is 8.20. The summed E-state index contributed by atoms with van der Waals surface area (Å²) >= 11 is 0. The van der Waals surface area contributed by atoms with Crippen molar-refractivity contribution in [1.82, 2.24) is 29.7 Å². The van der Waals surface area contributed by atoms with E-state index in [2.05, 4.69) is 34.7 Å². The zero-order valence-corrected chi connectivity index (χ0v) is 26.3. The highest BCUT2D eigenvalue weighted by atomic mass is 16.5. The van der Waals surface area contributed by atoms with Gasteiger partial charge in [-0.15, -0.1) is 5.10 Å². The molecule has 1 aromatic heterocycles. The number of nitrogens with zero attached hydrogens (tertiary/aromatic N) is 6. The van der Waals surface area contributed by atoms with Crippen molar-refractivity contribution in [3.8, 4) is 11.3 Å². The van der Waals surface area contributed by atoms with Gasteiger partial charge in [0.05, 0.1) is 45.8 Å². The molecule has 2 saturated heterocycles. The van der Waals surface area contributed by atoms with Gasteiger partial charge in [-0.1, -0.05) is 54.6 Å². The van der Waals surface area contributed by atoms with E-state index in [9.17, 15) is 9.90 Å². The van der Waals surface area contributed by atoms with E-state index in [-0.39, 0.29) is 12.1 Å². The summed E-state index contributed by atoms with van der Waals surface area (Å²) in [7, 11) is 0. The number of carbonyl (C=O) groups is 1. The number of ether oxygens (including phenoxy) is 3. The Balaban J connectivity index is 0.986. The molecule has 2 N–H and O–H groups in total. The Kier molecular flexibility index (Phi) is 12.6. The molecule has 2 aliphatic rings. The van der Waals surface area contributed by atoms with Crippen molar-refractivity contribution >= 4 is 11.7 Å². The molecule has 12 nitrogen and oxygen atoms in total. The molecular formula is C33H47N7O5. The van der Waals surface area contributed by atoms with E-state index in [1.165, 1.54) is 0 Å². The lowest BCUT2D eigenvalue weighted by molar-refractivity contribution is -0.000364. The average Bonchev–Trinajstić information content (AvgIpc) is 3.69. The minimum Gasteiger partial charge on any atom is -0.379 e. The first kappa shape index (κ1) is 32.8. The minimum absolute atomic E-state index is 0.120. The van der Waals surface area contributed by atoms with Gasteiger partial charge < -0.3 is 34.4 Å². The molecule has 244 valence electrons. The Morgan fingerprint density at radius 3 is 2.29 bits per heavy atom. The molecule has 5 rings (SSSR count). The second kappa shape index (κ2) is 17.2. The predicted octanol–water partition coefficient (Wildman–Crippen LogP) is 3.49. The van der Waals surface area contributed by atoms with E-state index in [1.54, 1.807) is 4.68 Å². The highest BCUT2D eigenvalue weighted by Gasteiger charge is 2.36. The van der Waals surface area contributed by atoms with Gasteiger partial charge in [0.25, 0.3) is 0 Å². The summed E-state index contributed by atoms with van der Waals surface area (Å²) in [5.74, 6) is 0. The van der Waals surface area contributed by atoms with Gasteiger partial charge in [0.2, 0.25) is 0 Å². The largest absolute Gasteiger partial charge is 0.379 e. The molecule has 2 fully saturated rings. The van der Waals surface area contributed by atoms with Crippen LogP contribution in [0, 0.1) is 0 Å². The highest BCUT2D eigenvalue weighted by molar-refractivity contribution is 5.77. The highest BCUT2D eigenvalue weighted by Crippen LogP contribution is 2.24. The van der Waals surface area contributed by atoms with E-state index in [4.69, 9.17) is 14.2 Å². The molecule has 0 radical (unpaired) electrons. The van der Waals surface area contributed by atoms with Crippen molar-refractivity contribution in [3.05, 3.63) is 66.4 Å². The van der Waals surface area contributed by atoms with Crippen LogP contribution >= 0.6 is 0 Å². The number of aliphatic hydroxyl groups excluding tert-OH is 1. The monoisotopic (exact) mass is 621 g/mol. The summed E-state index contributed by atoms with van der Waals surface area (Å²) in [6.45, 7) is 9.84. The van der Waals surface area contributed by atoms with Gasteiger partial charge >= 0.3 is 6.03 Å². The molecule has 0 aliphatic carbocycles. The lowest BCUT2D eigenvalue weighted by atomic mass is 10.0. The fraction of sp³-hybridized carbons (Fsp3) is 0.545. The number of amides is 2. The molecule has 3 aromatic rings. The maximum absolute atomic E-state index is 13.1. The number of hydrogen-bond acceptors (Lipinski definition) is 9. The molecule has 2 amide bonds. The van der Waals surface area contributed by atoms with E-state index in [1.807, 2.05) is 63.4 Å². The number of anilines is 1. The topological polar surface area (TPSA) is 117 Å². The third kappa shape index (κ3) is 9.72. The van der Waals surface area contributed by atoms with Crippen LogP contribution in [-0.2, 0) is 27.3 Å². The summed E-state index contributed by atoms with van der Waals surface area (Å²) < 4.78 is 18.3. The van der Waals surface area contributed by atoms with Gasteiger partial charge in [0.1, 0.15) is 5.69 Å². The number of aromatic nitrogens is 3. The van der Waals surface area contributed by atoms with Gasteiger partial charge in [-0.05, 0) is 37.0 Å². The number of hydrogen-bond donors (Lipinski definition) is 2. The number of urea groups is 1. The van der Waals surface area contributed by atoms with Crippen molar-refractivity contribution in [2.45, 2.75) is 51.7 Å². The second-order valence-electron chi connectivity index (χ2n) is 11.4. The maximum atomic E-state index is 13.1. The molecule has 1 unspecified atom stereocenters. The first-order chi connectivity index (χ1) is 22.1. The SMILES string of the molecule is CCCOCCOCCOCCn1cc(-c2ccc(NC(O)N3CCC(N4CCN(Cc5ccccc5)C4=O)CC3)cc2)nn1. The number of piperidine rings is 1. The Bertz CT molecular complexity index is 1280. The van der Waals surface area contributed by atoms with Gasteiger partial charge in [-0.25, -0.2) is 9.48 Å². The summed E-state index contributed by atoms with van der Waals surface area (Å²) in [6.07, 6.45) is 3.79. The Hall–Kier alpha value is -3.55. The molecule has 3 heterocycles. The van der Waals surface area contributed by atoms with Gasteiger partial charge in [-0.2, -0.15) is 0 Å². The number of carbonyl (C=O) groups excluding carboxylic acids is 1. The molecule has 12 heteroatoms. The van der Waals surface area contributed by atoms with Gasteiger partial charge in [0.15, 0.2) is 6.35 Å². The normalized spacial score (nSPS) is 16.9. The lowest BCUT2D eigenvalue weighted by Gasteiger charge is -2.38. The lowest BCUT2D eigenvalue weighted by Crippen LogP contribution is -2.51. The van der Waals surface area contributed by atoms with E-state index in [0.29, 0.717) is 59.2 Å². The van der Waals surface area contributed by atoms with Crippen LogP contribution in [-0.4, -0.2) is 119 Å². The summed E-state index contributed by atoms with van der Waals surface area (Å²) in [5, 5.41) is 22.6. The molecule has 0 spiro atoms. The maximum Gasteiger partial charge on any atom is 0.320 e. The van der Waals surface area contributed by atoms with Crippen LogP contribution < -0.4 is 5.32 Å². The fourth-order valence-corrected chi connectivity index (χ4v) is 5.69. The van der Waals surface area contributed by atoms with Crippen molar-refractivity contribution in [2.24, 2.45) is 0 Å². The zero-order valence-electron chi connectivity index (χ0n) is 26.3. The summed E-state index contributed by atoms with van der Waals surface area (Å²) in [5.41, 5.74) is 3.69. The second-order valence-corrected chi connectivity index (χ2v) is 11.4. The van der Waals surface area contributed by atoms with Crippen molar-refractivity contribution in [2.75, 3.05) is 71.1 Å². The first-order valence-electron chi connectivity index (χ1n) is 16.1. The zero-order chi connectivity index (χ0) is 31.3. The molecule has 1 atom stereocenters. The first-order valence-corrected chi connectivity index (χ1v) is 16.1. The van der Waals surface area contributed by atoms with Crippen LogP contribution in [0.2, 0.25) is 0 Å². The van der Waals surface area contributed by atoms with E-state index >= 15 is 0 Å². The molecule has 0 saturated carbocycles. The van der Waals surface area contributed by atoms with Crippen LogP contribution in [0.15, 0.2) is 60.8 Å². The van der Waals surface area contributed by atoms with Crippen molar-refractivity contribution < 1.29 is 24.1 Å². The van der Waals surface area contributed by atoms with Crippen LogP contribution in [0.5, 0.6) is 0 Å². The fourth-order valence-electron chi connectivity index (χ4n) is 5.69. The average molecular weight is 622 g/mol. The molecule has 2 aliphatic heterocycles. The molecule has 45 heavy (non-hydrogen) atoms. The van der Waals surface area contributed by atoms with Gasteiger partial charge in [0, 0.05) is 56.6 Å². The Morgan fingerprint density at radius 2 is 1.58 bits per heavy atom. The van der Waals surface area contributed by atoms with Crippen molar-refractivity contribution in [3.63, 3.8) is 0 Å². The smallest absolute Gasteiger partial charge is 0.320 e. The number of rotatable bonds is 18. The van der Waals surface area contributed by atoms with E-state index < -0.39 is 6.35 Å². The molecular weight excluding hydrogens is 574 g/mol. The molecule has 2 aromatic carbocycles. The number of nitrogens with one attached hydrogen (secondary N) is 1. The van der Waals surface area contributed by atoms with E-state index in [0.717, 1.165) is 61.5 Å². The number of likely N-dealkylation sites (tertiary alicyclic amines) is 1. The number of aliphatic hydroxyl groups is 1. The third-order valence-electron chi connectivity index (χ3n) is 8.20. The number of benzene rings is 2. The quantitative estimate of drug-likeness (QED) is 0.163. The Morgan fingerprint density at radius 1 is 0.889 bits per heavy atom. The van der Waals surface area contributed by atoms with Crippen LogP contribution in [0.25, 0.3) is 11.3 Å². The standard InChI is InChI=1S/C33H47N7O5/c1-2-19-43-21-23-45-24-22-44-20-18-39-26-31(35-36-39)28-8-10-29(11-9-28)34-32(41)37-14-12-30(13-15-37)40-17-16-38(33(40)42)25-27-6-4-3-5-7-27/h3-11,26,30,32,34,41H,2,12-25H2,1H3. The molecule has 0 bridgehead atoms. The van der Waals surface area contributed by atoms with Crippen LogP contribution in [0.4, 0.5) is 10.5 Å². The predicted molar refractivity (Wildman–Crippen MR) is 171 cm³/mol. The van der Waals surface area contributed by atoms with Crippen molar-refractivity contribution in [1.29, 1.82) is 0 Å². The Labute approximate surface area is 265 Å². The van der Waals surface area contributed by atoms with Crippen LogP contribution in [0.1, 0.15) is 31.7 Å². The summed E-state index contributed by atoms with van der Waals surface area (Å²) in [6, 6.07) is 18.3. The van der Waals surface area contributed by atoms with Gasteiger partial charge in [-0.3, -0.25) is 4.90 Å². The summed E-state index contributed by atoms with van der Waals surface area (Å²) in [4.78, 5) is 19.0.